The summed E-state index contributed by atoms with van der Waals surface area (Å²) in [5.74, 6) is 0.469. The highest BCUT2D eigenvalue weighted by Gasteiger charge is 2.12. The van der Waals surface area contributed by atoms with E-state index >= 15 is 0 Å². The summed E-state index contributed by atoms with van der Waals surface area (Å²) in [5, 5.41) is 0. The molecule has 1 unspecified atom stereocenters. The molecule has 0 bridgehead atoms. The average molecular weight is 183 g/mol. The highest BCUT2D eigenvalue weighted by Crippen LogP contribution is 2.15. The van der Waals surface area contributed by atoms with Crippen molar-refractivity contribution in [1.29, 1.82) is 0 Å². The third kappa shape index (κ3) is 2.41. The van der Waals surface area contributed by atoms with E-state index in [0.717, 1.165) is 12.8 Å². The first kappa shape index (κ1) is 9.39. The molecule has 0 aliphatic heterocycles. The number of hydrogen-bond acceptors (Lipinski definition) is 3. The predicted molar refractivity (Wildman–Crippen MR) is 50.3 cm³/mol. The van der Waals surface area contributed by atoms with Crippen molar-refractivity contribution in [3.05, 3.63) is 16.6 Å². The van der Waals surface area contributed by atoms with Crippen LogP contribution >= 0.6 is 11.3 Å². The molecular weight excluding hydrogens is 170 g/mol. The lowest BCUT2D eigenvalue weighted by Gasteiger charge is -2.07. The van der Waals surface area contributed by atoms with Crippen LogP contribution in [0.15, 0.2) is 11.7 Å². The van der Waals surface area contributed by atoms with Gasteiger partial charge in [0.05, 0.1) is 5.51 Å². The Morgan fingerprint density at radius 1 is 1.75 bits per heavy atom. The van der Waals surface area contributed by atoms with Crippen LogP contribution < -0.4 is 0 Å². The van der Waals surface area contributed by atoms with Crippen molar-refractivity contribution >= 4 is 17.1 Å². The molecule has 0 spiro atoms. The van der Waals surface area contributed by atoms with Gasteiger partial charge < -0.3 is 0 Å². The van der Waals surface area contributed by atoms with E-state index in [-0.39, 0.29) is 11.7 Å². The van der Waals surface area contributed by atoms with Gasteiger partial charge >= 0.3 is 0 Å². The van der Waals surface area contributed by atoms with Crippen LogP contribution in [0.4, 0.5) is 0 Å². The summed E-state index contributed by atoms with van der Waals surface area (Å²) in [4.78, 5) is 16.3. The molecule has 0 amide bonds. The van der Waals surface area contributed by atoms with E-state index in [1.165, 1.54) is 4.88 Å². The molecule has 0 aromatic carbocycles. The van der Waals surface area contributed by atoms with Gasteiger partial charge in [0.2, 0.25) is 0 Å². The molecule has 0 saturated carbocycles. The van der Waals surface area contributed by atoms with Gasteiger partial charge in [-0.3, -0.25) is 9.78 Å². The normalized spacial score (nSPS) is 12.8. The van der Waals surface area contributed by atoms with Gasteiger partial charge in [-0.2, -0.15) is 0 Å². The van der Waals surface area contributed by atoms with Gasteiger partial charge in [0.1, 0.15) is 5.78 Å². The Morgan fingerprint density at radius 2 is 2.50 bits per heavy atom. The lowest BCUT2D eigenvalue weighted by atomic mass is 9.98. The van der Waals surface area contributed by atoms with Crippen molar-refractivity contribution in [1.82, 2.24) is 4.98 Å². The van der Waals surface area contributed by atoms with E-state index in [4.69, 9.17) is 0 Å². The minimum absolute atomic E-state index is 0.186. The molecule has 0 N–H and O–H groups in total. The van der Waals surface area contributed by atoms with E-state index in [2.05, 4.69) is 4.98 Å². The molecule has 1 atom stereocenters. The fourth-order valence-corrected chi connectivity index (χ4v) is 1.84. The molecule has 2 nitrogen and oxygen atoms in total. The standard InChI is InChI=1S/C9H13NOS/c1-3-8(7(2)11)4-9-5-10-6-12-9/h5-6,8H,3-4H2,1-2H3. The second kappa shape index (κ2) is 4.36. The first-order valence-electron chi connectivity index (χ1n) is 4.11. The molecule has 1 aromatic rings. The average Bonchev–Trinajstić information content (AvgIpc) is 2.51. The summed E-state index contributed by atoms with van der Waals surface area (Å²) in [7, 11) is 0. The maximum Gasteiger partial charge on any atom is 0.133 e. The lowest BCUT2D eigenvalue weighted by Crippen LogP contribution is -2.11. The summed E-state index contributed by atoms with van der Waals surface area (Å²) in [6.07, 6.45) is 3.62. The molecule has 66 valence electrons. The molecule has 1 heterocycles. The van der Waals surface area contributed by atoms with Gasteiger partial charge in [0.15, 0.2) is 0 Å². The fraction of sp³-hybridized carbons (Fsp3) is 0.556. The maximum absolute atomic E-state index is 11.1. The minimum Gasteiger partial charge on any atom is -0.300 e. The molecule has 12 heavy (non-hydrogen) atoms. The molecular formula is C9H13NOS. The van der Waals surface area contributed by atoms with Crippen LogP contribution in [0.2, 0.25) is 0 Å². The summed E-state index contributed by atoms with van der Waals surface area (Å²) >= 11 is 1.62. The maximum atomic E-state index is 11.1. The van der Waals surface area contributed by atoms with Gasteiger partial charge in [-0.05, 0) is 19.8 Å². The SMILES string of the molecule is CCC(Cc1cncs1)C(C)=O. The second-order valence-electron chi connectivity index (χ2n) is 2.89. The number of carbonyl (C=O) groups excluding carboxylic acids is 1. The lowest BCUT2D eigenvalue weighted by molar-refractivity contribution is -0.120. The number of Topliss-reactive ketones (excluding diaryl/α,β-unsaturated/α-hetero) is 1. The third-order valence-corrected chi connectivity index (χ3v) is 2.80. The molecule has 1 aromatic heterocycles. The molecule has 3 heteroatoms. The number of hydrogen-bond donors (Lipinski definition) is 0. The summed E-state index contributed by atoms with van der Waals surface area (Å²) in [5.41, 5.74) is 1.81. The largest absolute Gasteiger partial charge is 0.300 e. The van der Waals surface area contributed by atoms with Crippen LogP contribution in [-0.2, 0) is 11.2 Å². The Kier molecular flexibility index (Phi) is 3.41. The van der Waals surface area contributed by atoms with Crippen molar-refractivity contribution in [2.24, 2.45) is 5.92 Å². The molecule has 1 rings (SSSR count). The quantitative estimate of drug-likeness (QED) is 0.717. The smallest absolute Gasteiger partial charge is 0.133 e. The molecule has 0 saturated heterocycles. The summed E-state index contributed by atoms with van der Waals surface area (Å²) in [6.45, 7) is 3.71. The van der Waals surface area contributed by atoms with E-state index in [0.29, 0.717) is 0 Å². The van der Waals surface area contributed by atoms with E-state index in [1.807, 2.05) is 18.6 Å². The highest BCUT2D eigenvalue weighted by atomic mass is 32.1. The summed E-state index contributed by atoms with van der Waals surface area (Å²) < 4.78 is 0. The summed E-state index contributed by atoms with van der Waals surface area (Å²) in [6, 6.07) is 0. The first-order valence-corrected chi connectivity index (χ1v) is 4.99. The fourth-order valence-electron chi connectivity index (χ4n) is 1.16. The van der Waals surface area contributed by atoms with Crippen LogP contribution in [0, 0.1) is 5.92 Å². The Bertz CT molecular complexity index is 243. The van der Waals surface area contributed by atoms with Gasteiger partial charge in [-0.25, -0.2) is 0 Å². The minimum atomic E-state index is 0.186. The van der Waals surface area contributed by atoms with Crippen LogP contribution in [0.5, 0.6) is 0 Å². The Morgan fingerprint density at radius 3 is 2.92 bits per heavy atom. The zero-order valence-electron chi connectivity index (χ0n) is 7.41. The van der Waals surface area contributed by atoms with E-state index in [9.17, 15) is 4.79 Å². The number of carbonyl (C=O) groups is 1. The number of nitrogens with zero attached hydrogens (tertiary/aromatic N) is 1. The van der Waals surface area contributed by atoms with Crippen molar-refractivity contribution in [2.45, 2.75) is 26.7 Å². The highest BCUT2D eigenvalue weighted by molar-refractivity contribution is 7.09. The number of ketones is 1. The van der Waals surface area contributed by atoms with Crippen molar-refractivity contribution in [2.75, 3.05) is 0 Å². The topological polar surface area (TPSA) is 30.0 Å². The zero-order chi connectivity index (χ0) is 8.97. The number of rotatable bonds is 4. The van der Waals surface area contributed by atoms with Crippen LogP contribution in [0.25, 0.3) is 0 Å². The van der Waals surface area contributed by atoms with Gasteiger partial charge in [0.25, 0.3) is 0 Å². The monoisotopic (exact) mass is 183 g/mol. The Hall–Kier alpha value is -0.700. The van der Waals surface area contributed by atoms with Crippen LogP contribution in [0.1, 0.15) is 25.1 Å². The molecule has 0 aliphatic rings. The second-order valence-corrected chi connectivity index (χ2v) is 3.86. The van der Waals surface area contributed by atoms with Crippen molar-refractivity contribution < 1.29 is 4.79 Å². The predicted octanol–water partition coefficient (Wildman–Crippen LogP) is 2.30. The molecule has 0 radical (unpaired) electrons. The van der Waals surface area contributed by atoms with Gasteiger partial charge in [0, 0.05) is 17.0 Å². The van der Waals surface area contributed by atoms with Crippen molar-refractivity contribution in [3.63, 3.8) is 0 Å². The third-order valence-electron chi connectivity index (χ3n) is 2.00. The molecule has 0 aliphatic carbocycles. The number of thiazole rings is 1. The van der Waals surface area contributed by atoms with Gasteiger partial charge in [-0.1, -0.05) is 6.92 Å². The first-order chi connectivity index (χ1) is 5.74. The Labute approximate surface area is 76.6 Å². The Balaban J connectivity index is 2.54. The van der Waals surface area contributed by atoms with Crippen molar-refractivity contribution in [3.8, 4) is 0 Å². The van der Waals surface area contributed by atoms with E-state index in [1.54, 1.807) is 18.3 Å². The number of aromatic nitrogens is 1. The zero-order valence-corrected chi connectivity index (χ0v) is 8.23. The van der Waals surface area contributed by atoms with Crippen LogP contribution in [0.3, 0.4) is 0 Å². The van der Waals surface area contributed by atoms with E-state index < -0.39 is 0 Å². The van der Waals surface area contributed by atoms with Gasteiger partial charge in [-0.15, -0.1) is 11.3 Å². The van der Waals surface area contributed by atoms with Crippen LogP contribution in [-0.4, -0.2) is 10.8 Å². The molecule has 0 fully saturated rings.